The normalized spacial score (nSPS) is 15.7. The highest BCUT2D eigenvalue weighted by Crippen LogP contribution is 2.42. The van der Waals surface area contributed by atoms with Gasteiger partial charge in [0.05, 0.1) is 23.0 Å². The Morgan fingerprint density at radius 1 is 1.07 bits per heavy atom. The number of para-hydroxylation sites is 2. The summed E-state index contributed by atoms with van der Waals surface area (Å²) in [6.07, 6.45) is 1.44. The topological polar surface area (TPSA) is 61.9 Å². The Morgan fingerprint density at radius 3 is 2.52 bits per heavy atom. The Kier molecular flexibility index (Phi) is 5.78. The molecule has 0 bridgehead atoms. The van der Waals surface area contributed by atoms with Crippen LogP contribution in [0.2, 0.25) is 5.02 Å². The van der Waals surface area contributed by atoms with E-state index in [2.05, 4.69) is 5.32 Å². The SMILES string of the molecule is COCCN/C=C1\C(=O)N(C)c2cccc(Cl)c2N(c2ccccc2)C1=O. The molecule has 7 heteroatoms. The van der Waals surface area contributed by atoms with E-state index in [4.69, 9.17) is 16.3 Å². The minimum absolute atomic E-state index is 0.0183. The highest BCUT2D eigenvalue weighted by molar-refractivity contribution is 6.39. The monoisotopic (exact) mass is 385 g/mol. The number of nitrogens with one attached hydrogen (secondary N) is 1. The van der Waals surface area contributed by atoms with Crippen LogP contribution >= 0.6 is 11.6 Å². The van der Waals surface area contributed by atoms with E-state index in [1.807, 2.05) is 18.2 Å². The van der Waals surface area contributed by atoms with Gasteiger partial charge in [0.15, 0.2) is 0 Å². The zero-order chi connectivity index (χ0) is 19.4. The molecule has 1 N–H and O–H groups in total. The molecule has 1 aliphatic rings. The number of carbonyl (C=O) groups excluding carboxylic acids is 2. The fourth-order valence-corrected chi connectivity index (χ4v) is 3.14. The van der Waals surface area contributed by atoms with Crippen molar-refractivity contribution in [1.82, 2.24) is 5.32 Å². The van der Waals surface area contributed by atoms with E-state index in [0.717, 1.165) is 0 Å². The van der Waals surface area contributed by atoms with Gasteiger partial charge in [0.1, 0.15) is 5.57 Å². The van der Waals surface area contributed by atoms with Crippen molar-refractivity contribution in [2.45, 2.75) is 0 Å². The number of ether oxygens (including phenoxy) is 1. The maximum atomic E-state index is 13.4. The van der Waals surface area contributed by atoms with Crippen molar-refractivity contribution in [3.05, 3.63) is 65.3 Å². The summed E-state index contributed by atoms with van der Waals surface area (Å²) in [7, 11) is 3.21. The smallest absolute Gasteiger partial charge is 0.270 e. The van der Waals surface area contributed by atoms with Crippen molar-refractivity contribution in [2.24, 2.45) is 0 Å². The van der Waals surface area contributed by atoms with Gasteiger partial charge >= 0.3 is 0 Å². The molecule has 2 aromatic rings. The number of benzene rings is 2. The van der Waals surface area contributed by atoms with Crippen molar-refractivity contribution in [1.29, 1.82) is 0 Å². The van der Waals surface area contributed by atoms with E-state index in [0.29, 0.717) is 35.2 Å². The number of halogens is 1. The van der Waals surface area contributed by atoms with Crippen LogP contribution in [0, 0.1) is 0 Å². The van der Waals surface area contributed by atoms with Gasteiger partial charge in [-0.05, 0) is 24.3 Å². The molecule has 0 radical (unpaired) electrons. The number of carbonyl (C=O) groups is 2. The molecule has 0 aromatic heterocycles. The zero-order valence-corrected chi connectivity index (χ0v) is 15.9. The van der Waals surface area contributed by atoms with Crippen LogP contribution in [0.3, 0.4) is 0 Å². The molecule has 0 fully saturated rings. The van der Waals surface area contributed by atoms with Crippen molar-refractivity contribution < 1.29 is 14.3 Å². The zero-order valence-electron chi connectivity index (χ0n) is 15.1. The van der Waals surface area contributed by atoms with Gasteiger partial charge in [-0.3, -0.25) is 14.5 Å². The van der Waals surface area contributed by atoms with Crippen molar-refractivity contribution in [3.63, 3.8) is 0 Å². The van der Waals surface area contributed by atoms with E-state index >= 15 is 0 Å². The van der Waals surface area contributed by atoms with Crippen LogP contribution in [0.5, 0.6) is 0 Å². The number of nitrogens with zero attached hydrogens (tertiary/aromatic N) is 2. The van der Waals surface area contributed by atoms with Gasteiger partial charge < -0.3 is 15.0 Å². The fraction of sp³-hybridized carbons (Fsp3) is 0.200. The summed E-state index contributed by atoms with van der Waals surface area (Å²) >= 11 is 6.45. The van der Waals surface area contributed by atoms with Crippen molar-refractivity contribution in [2.75, 3.05) is 37.1 Å². The minimum Gasteiger partial charge on any atom is -0.388 e. The van der Waals surface area contributed by atoms with Crippen LogP contribution in [-0.2, 0) is 14.3 Å². The molecule has 0 atom stereocenters. The molecule has 140 valence electrons. The second-order valence-electron chi connectivity index (χ2n) is 5.95. The molecule has 6 nitrogen and oxygen atoms in total. The first kappa shape index (κ1) is 18.9. The maximum Gasteiger partial charge on any atom is 0.270 e. The highest BCUT2D eigenvalue weighted by Gasteiger charge is 2.36. The van der Waals surface area contributed by atoms with E-state index in [-0.39, 0.29) is 5.57 Å². The fourth-order valence-electron chi connectivity index (χ4n) is 2.88. The Balaban J connectivity index is 2.15. The number of hydrogen-bond acceptors (Lipinski definition) is 4. The molecule has 2 amide bonds. The molecule has 0 saturated carbocycles. The Bertz CT molecular complexity index is 883. The maximum absolute atomic E-state index is 13.4. The molecular weight excluding hydrogens is 366 g/mol. The average molecular weight is 386 g/mol. The average Bonchev–Trinajstić information content (AvgIpc) is 2.76. The van der Waals surface area contributed by atoms with Gasteiger partial charge in [-0.25, -0.2) is 0 Å². The van der Waals surface area contributed by atoms with E-state index in [1.54, 1.807) is 44.5 Å². The molecule has 27 heavy (non-hydrogen) atoms. The largest absolute Gasteiger partial charge is 0.388 e. The lowest BCUT2D eigenvalue weighted by atomic mass is 10.2. The van der Waals surface area contributed by atoms with Crippen LogP contribution in [0.1, 0.15) is 0 Å². The van der Waals surface area contributed by atoms with Crippen LogP contribution in [0.15, 0.2) is 60.3 Å². The Morgan fingerprint density at radius 2 is 1.81 bits per heavy atom. The minimum atomic E-state index is -0.449. The number of fused-ring (bicyclic) bond motifs is 1. The van der Waals surface area contributed by atoms with E-state index < -0.39 is 11.8 Å². The number of anilines is 3. The molecule has 0 spiro atoms. The predicted octanol–water partition coefficient (Wildman–Crippen LogP) is 3.10. The molecule has 0 aliphatic carbocycles. The van der Waals surface area contributed by atoms with E-state index in [9.17, 15) is 9.59 Å². The lowest BCUT2D eigenvalue weighted by Gasteiger charge is -2.24. The van der Waals surface area contributed by atoms with Gasteiger partial charge in [-0.2, -0.15) is 0 Å². The summed E-state index contributed by atoms with van der Waals surface area (Å²) in [4.78, 5) is 29.2. The number of amides is 2. The van der Waals surface area contributed by atoms with Crippen LogP contribution < -0.4 is 15.1 Å². The first-order valence-electron chi connectivity index (χ1n) is 8.45. The first-order chi connectivity index (χ1) is 13.1. The van der Waals surface area contributed by atoms with Crippen LogP contribution in [0.4, 0.5) is 17.1 Å². The van der Waals surface area contributed by atoms with Gasteiger partial charge in [0, 0.05) is 32.6 Å². The van der Waals surface area contributed by atoms with Crippen LogP contribution in [-0.4, -0.2) is 39.1 Å². The number of methoxy groups -OCH3 is 1. The van der Waals surface area contributed by atoms with Crippen molar-refractivity contribution in [3.8, 4) is 0 Å². The highest BCUT2D eigenvalue weighted by atomic mass is 35.5. The number of likely N-dealkylation sites (N-methyl/N-ethyl adjacent to an activating group) is 1. The molecular formula is C20H20ClN3O3. The lowest BCUT2D eigenvalue weighted by Crippen LogP contribution is -2.33. The molecule has 2 aromatic carbocycles. The molecule has 0 saturated heterocycles. The van der Waals surface area contributed by atoms with Gasteiger partial charge in [0.25, 0.3) is 11.8 Å². The van der Waals surface area contributed by atoms with Crippen molar-refractivity contribution >= 4 is 40.5 Å². The van der Waals surface area contributed by atoms with Gasteiger partial charge in [0.2, 0.25) is 0 Å². The lowest BCUT2D eigenvalue weighted by molar-refractivity contribution is -0.120. The number of rotatable bonds is 5. The Labute approximate surface area is 163 Å². The third kappa shape index (κ3) is 3.67. The molecule has 0 unspecified atom stereocenters. The summed E-state index contributed by atoms with van der Waals surface area (Å²) in [5.41, 5.74) is 1.68. The van der Waals surface area contributed by atoms with Gasteiger partial charge in [-0.1, -0.05) is 35.9 Å². The standard InChI is InChI=1S/C20H20ClN3O3/c1-23-17-10-6-9-16(21)18(17)24(14-7-4-3-5-8-14)20(26)15(19(23)25)13-22-11-12-27-2/h3-10,13,22H,11-12H2,1-2H3/b15-13+. The number of hydrogen-bond donors (Lipinski definition) is 1. The summed E-state index contributed by atoms with van der Waals surface area (Å²) in [6, 6.07) is 14.3. The molecule has 1 heterocycles. The molecule has 1 aliphatic heterocycles. The quantitative estimate of drug-likeness (QED) is 0.488. The third-order valence-corrected chi connectivity index (χ3v) is 4.54. The second-order valence-corrected chi connectivity index (χ2v) is 6.36. The molecule has 3 rings (SSSR count). The summed E-state index contributed by atoms with van der Waals surface area (Å²) in [5, 5.41) is 3.35. The Hall–Kier alpha value is -2.83. The van der Waals surface area contributed by atoms with Crippen LogP contribution in [0.25, 0.3) is 0 Å². The first-order valence-corrected chi connectivity index (χ1v) is 8.82. The third-order valence-electron chi connectivity index (χ3n) is 4.23. The van der Waals surface area contributed by atoms with Gasteiger partial charge in [-0.15, -0.1) is 0 Å². The summed E-state index contributed by atoms with van der Waals surface area (Å²) in [6.45, 7) is 0.930. The predicted molar refractivity (Wildman–Crippen MR) is 106 cm³/mol. The second kappa shape index (κ2) is 8.24. The summed E-state index contributed by atoms with van der Waals surface area (Å²) < 4.78 is 4.99. The summed E-state index contributed by atoms with van der Waals surface area (Å²) in [5.74, 6) is -0.860. The van der Waals surface area contributed by atoms with E-state index in [1.165, 1.54) is 16.0 Å².